The van der Waals surface area contributed by atoms with Crippen molar-refractivity contribution in [1.29, 1.82) is 0 Å². The Morgan fingerprint density at radius 2 is 1.23 bits per heavy atom. The first-order valence-corrected chi connectivity index (χ1v) is 22.3. The molecular weight excluding hydrogens is 778 g/mol. The van der Waals surface area contributed by atoms with Gasteiger partial charge >= 0.3 is 21.2 Å². The number of nitrogens with zero attached hydrogens (tertiary/aromatic N) is 6. The van der Waals surface area contributed by atoms with E-state index >= 15 is 0 Å². The van der Waals surface area contributed by atoms with Crippen LogP contribution in [0.4, 0.5) is 17.8 Å². The lowest BCUT2D eigenvalue weighted by atomic mass is 10.2. The summed E-state index contributed by atoms with van der Waals surface area (Å²) in [5, 5.41) is 27.3. The number of anilines is 3. The van der Waals surface area contributed by atoms with E-state index < -0.39 is 32.7 Å². The molecule has 10 N–H and O–H groups in total. The van der Waals surface area contributed by atoms with Crippen molar-refractivity contribution in [1.82, 2.24) is 35.2 Å². The second-order valence-corrected chi connectivity index (χ2v) is 17.2. The van der Waals surface area contributed by atoms with E-state index in [0.29, 0.717) is 54.9 Å². The van der Waals surface area contributed by atoms with Crippen molar-refractivity contribution in [3.8, 4) is 0 Å². The maximum Gasteiger partial charge on any atom is 0.369 e. The molecule has 0 saturated carbocycles. The molecule has 0 spiro atoms. The molecule has 0 aliphatic heterocycles. The zero-order valence-electron chi connectivity index (χ0n) is 30.4. The third kappa shape index (κ3) is 21.4. The van der Waals surface area contributed by atoms with Crippen molar-refractivity contribution in [2.24, 2.45) is 0 Å². The van der Waals surface area contributed by atoms with E-state index in [1.807, 2.05) is 13.3 Å². The van der Waals surface area contributed by atoms with Crippen molar-refractivity contribution >= 4 is 62.5 Å². The van der Waals surface area contributed by atoms with Crippen LogP contribution in [0.25, 0.3) is 0 Å². The van der Waals surface area contributed by atoms with Crippen LogP contribution in [-0.4, -0.2) is 148 Å². The van der Waals surface area contributed by atoms with Crippen LogP contribution in [-0.2, 0) is 23.4 Å². The summed E-state index contributed by atoms with van der Waals surface area (Å²) in [6.45, 7) is 7.37. The highest BCUT2D eigenvalue weighted by molar-refractivity contribution is 7.99. The maximum absolute atomic E-state index is 11.3. The Kier molecular flexibility index (Phi) is 24.4. The van der Waals surface area contributed by atoms with Crippen LogP contribution < -0.4 is 21.3 Å². The number of nitrogens with one attached hydrogen (secondary N) is 4. The highest BCUT2D eigenvalue weighted by Gasteiger charge is 2.58. The number of ether oxygens (including phenoxy) is 2. The van der Waals surface area contributed by atoms with Gasteiger partial charge in [-0.1, -0.05) is 24.6 Å². The number of hydrogen-bond donors (Lipinski definition) is 10. The molecule has 0 saturated heterocycles. The molecule has 0 aromatic carbocycles. The minimum atomic E-state index is -5.45. The molecule has 0 unspecified atom stereocenters. The Bertz CT molecular complexity index is 1420. The van der Waals surface area contributed by atoms with Crippen LogP contribution in [0.15, 0.2) is 5.16 Å². The average Bonchev–Trinajstić information content (AvgIpc) is 3.07. The molecule has 0 fully saturated rings. The molecule has 0 bridgehead atoms. The topological polar surface area (TPSA) is 317 Å². The Morgan fingerprint density at radius 3 is 1.75 bits per heavy atom. The van der Waals surface area contributed by atoms with E-state index in [9.17, 15) is 19.0 Å². The van der Waals surface area contributed by atoms with Crippen LogP contribution in [0.1, 0.15) is 50.2 Å². The number of aliphatic carboxylic acids is 1. The number of aromatic nitrogens is 6. The van der Waals surface area contributed by atoms with Gasteiger partial charge in [0.2, 0.25) is 17.8 Å². The van der Waals surface area contributed by atoms with Crippen LogP contribution in [0.3, 0.4) is 0 Å². The molecule has 2 rings (SSSR count). The van der Waals surface area contributed by atoms with E-state index in [0.717, 1.165) is 44.6 Å². The largest absolute Gasteiger partial charge is 0.480 e. The van der Waals surface area contributed by atoms with Crippen molar-refractivity contribution in [2.45, 2.75) is 62.6 Å². The number of aliphatic hydroxyl groups is 1. The minimum Gasteiger partial charge on any atom is -0.480 e. The zero-order valence-corrected chi connectivity index (χ0v) is 33.9. The van der Waals surface area contributed by atoms with Crippen LogP contribution in [0.5, 0.6) is 0 Å². The summed E-state index contributed by atoms with van der Waals surface area (Å²) in [6.07, 6.45) is 5.37. The fourth-order valence-corrected chi connectivity index (χ4v) is 7.29. The number of carbonyl (C=O) groups is 1. The van der Waals surface area contributed by atoms with Crippen molar-refractivity contribution in [3.63, 3.8) is 0 Å². The van der Waals surface area contributed by atoms with E-state index in [1.54, 1.807) is 25.6 Å². The Labute approximate surface area is 317 Å². The van der Waals surface area contributed by atoms with Gasteiger partial charge in [0, 0.05) is 31.0 Å². The number of unbranched alkanes of at least 4 members (excludes halogenated alkanes) is 3. The summed E-state index contributed by atoms with van der Waals surface area (Å²) in [5.74, 6) is 2.57. The predicted octanol–water partition coefficient (Wildman–Crippen LogP) is 1.73. The number of carboxylic acids is 1. The summed E-state index contributed by atoms with van der Waals surface area (Å²) < 4.78 is 33.5. The molecule has 53 heavy (non-hydrogen) atoms. The fourth-order valence-electron chi connectivity index (χ4n) is 4.02. The van der Waals surface area contributed by atoms with E-state index in [4.69, 9.17) is 34.2 Å². The maximum atomic E-state index is 11.3. The first kappa shape index (κ1) is 48.7. The third-order valence-electron chi connectivity index (χ3n) is 6.68. The summed E-state index contributed by atoms with van der Waals surface area (Å²) in [7, 11) is -8.98. The van der Waals surface area contributed by atoms with Crippen LogP contribution in [0.2, 0.25) is 0 Å². The Balaban J connectivity index is 0.000000549. The van der Waals surface area contributed by atoms with E-state index in [2.05, 4.69) is 51.2 Å². The quantitative estimate of drug-likeness (QED) is 0.0331. The summed E-state index contributed by atoms with van der Waals surface area (Å²) >= 11 is 3.19. The first-order valence-electron chi connectivity index (χ1n) is 16.7. The number of hydrogen-bond acceptors (Lipinski definition) is 18. The predicted molar refractivity (Wildman–Crippen MR) is 204 cm³/mol. The van der Waals surface area contributed by atoms with E-state index in [1.165, 1.54) is 11.8 Å². The van der Waals surface area contributed by atoms with Crippen LogP contribution in [0, 0.1) is 13.8 Å². The lowest BCUT2D eigenvalue weighted by Gasteiger charge is -2.29. The summed E-state index contributed by atoms with van der Waals surface area (Å²) in [4.78, 5) is 71.9. The van der Waals surface area contributed by atoms with Gasteiger partial charge in [-0.25, -0.2) is 4.98 Å². The van der Waals surface area contributed by atoms with Crippen LogP contribution >= 0.6 is 38.7 Å². The molecule has 0 atom stereocenters. The normalized spacial score (nSPS) is 11.9. The highest BCUT2D eigenvalue weighted by Crippen LogP contribution is 2.69. The number of carboxylic acid groups (broad SMARTS) is 1. The molecular formula is C28H54N10O11P2S2. The third-order valence-corrected chi connectivity index (χ3v) is 11.9. The van der Waals surface area contributed by atoms with Gasteiger partial charge in [-0.05, 0) is 53.0 Å². The monoisotopic (exact) mass is 832 g/mol. The molecule has 0 amide bonds. The van der Waals surface area contributed by atoms with E-state index in [-0.39, 0.29) is 31.4 Å². The molecule has 2 heterocycles. The molecule has 25 heteroatoms. The molecule has 2 aromatic heterocycles. The molecule has 0 aliphatic rings. The number of aryl methyl sites for hydroxylation is 2. The summed E-state index contributed by atoms with van der Waals surface area (Å²) in [5.41, 5.74) is 0. The SMILES string of the molecule is CNCCCCCCNc1nc(C)nc(NCCCC(O)(P(=O)(O)O)P(=O)(O)O)n1.CSCCOCCOCCSc1nc(C)nc(NCC(=O)O)n1. The number of thioether (sulfide) groups is 2. The molecule has 304 valence electrons. The second-order valence-electron chi connectivity index (χ2n) is 11.2. The van der Waals surface area contributed by atoms with Gasteiger partial charge in [0.05, 0.1) is 26.4 Å². The molecule has 0 radical (unpaired) electrons. The van der Waals surface area contributed by atoms with Crippen molar-refractivity contribution in [3.05, 3.63) is 11.6 Å². The second kappa shape index (κ2) is 26.5. The van der Waals surface area contributed by atoms with Crippen molar-refractivity contribution < 1.29 is 53.2 Å². The van der Waals surface area contributed by atoms with Gasteiger partial charge in [0.15, 0.2) is 5.16 Å². The van der Waals surface area contributed by atoms with Gasteiger partial charge in [0.25, 0.3) is 5.08 Å². The molecule has 21 nitrogen and oxygen atoms in total. The standard InChI is InChI=1S/C15H32N6O7P2.C13H22N4O4S2/c1-12-19-13(17-10-6-4-3-5-9-16-2)21-14(20-12)18-11-7-8-15(22,29(23,24)25)30(26,27)28;1-10-15-12(14-9-11(18)19)17-13(16-10)23-8-6-21-4-3-20-5-7-22-2/h16,22H,3-11H2,1-2H3,(H2,23,24,25)(H2,26,27,28)(H2,17,18,19,20,21);3-9H2,1-2H3,(H,18,19)(H,14,15,16,17). The highest BCUT2D eigenvalue weighted by atomic mass is 32.2. The van der Waals surface area contributed by atoms with Gasteiger partial charge < -0.3 is 60.5 Å². The number of rotatable bonds is 28. The van der Waals surface area contributed by atoms with Gasteiger partial charge in [-0.2, -0.15) is 36.7 Å². The summed E-state index contributed by atoms with van der Waals surface area (Å²) in [6, 6.07) is 0. The molecule has 0 aliphatic carbocycles. The van der Waals surface area contributed by atoms with Crippen molar-refractivity contribution in [2.75, 3.05) is 93.4 Å². The van der Waals surface area contributed by atoms with Gasteiger partial charge in [0.1, 0.15) is 18.2 Å². The van der Waals surface area contributed by atoms with Gasteiger partial charge in [-0.15, -0.1) is 0 Å². The minimum absolute atomic E-state index is 0.0245. The lowest BCUT2D eigenvalue weighted by molar-refractivity contribution is -0.134. The Morgan fingerprint density at radius 1 is 0.717 bits per heavy atom. The lowest BCUT2D eigenvalue weighted by Crippen LogP contribution is -2.29. The van der Waals surface area contributed by atoms with Gasteiger partial charge in [-0.3, -0.25) is 13.9 Å². The average molecular weight is 833 g/mol. The molecule has 2 aromatic rings. The fraction of sp³-hybridized carbons (Fsp3) is 0.750. The first-order chi connectivity index (χ1) is 25.0. The Hall–Kier alpha value is -2.27. The smallest absolute Gasteiger partial charge is 0.369 e. The zero-order chi connectivity index (χ0) is 39.8.